The zero-order valence-corrected chi connectivity index (χ0v) is 8.57. The minimum atomic E-state index is -0.103. The second kappa shape index (κ2) is 3.75. The monoisotopic (exact) mass is 195 g/mol. The lowest BCUT2D eigenvalue weighted by Crippen LogP contribution is -2.48. The third-order valence-electron chi connectivity index (χ3n) is 2.53. The standard InChI is InChI=1S/C10H14NOP/c12-11(6-8-13-9-7-11)10-4-2-1-3-5-10/h1-5,13H,6-9H2. The van der Waals surface area contributed by atoms with E-state index in [0.717, 1.165) is 39.7 Å². The summed E-state index contributed by atoms with van der Waals surface area (Å²) in [6, 6.07) is 9.75. The molecule has 2 nitrogen and oxygen atoms in total. The Hall–Kier alpha value is -0.430. The highest BCUT2D eigenvalue weighted by Gasteiger charge is 2.22. The molecule has 1 aromatic rings. The van der Waals surface area contributed by atoms with E-state index < -0.39 is 0 Å². The van der Waals surface area contributed by atoms with E-state index in [2.05, 4.69) is 0 Å². The van der Waals surface area contributed by atoms with Crippen LogP contribution in [0.25, 0.3) is 0 Å². The van der Waals surface area contributed by atoms with Crippen molar-refractivity contribution in [2.75, 3.05) is 25.4 Å². The van der Waals surface area contributed by atoms with Crippen molar-refractivity contribution in [3.63, 3.8) is 0 Å². The summed E-state index contributed by atoms with van der Waals surface area (Å²) in [5.74, 6) is 0. The summed E-state index contributed by atoms with van der Waals surface area (Å²) in [5.41, 5.74) is 0.923. The Morgan fingerprint density at radius 3 is 2.31 bits per heavy atom. The SMILES string of the molecule is [O-][N+]1(c2ccccc2)CCPCC1. The Kier molecular flexibility index (Phi) is 2.63. The Balaban J connectivity index is 2.23. The zero-order chi connectivity index (χ0) is 9.15. The van der Waals surface area contributed by atoms with Crippen molar-refractivity contribution in [3.8, 4) is 0 Å². The average Bonchev–Trinajstić information content (AvgIpc) is 2.20. The summed E-state index contributed by atoms with van der Waals surface area (Å²) in [7, 11) is 0.998. The number of rotatable bonds is 1. The quantitative estimate of drug-likeness (QED) is 0.382. The fraction of sp³-hybridized carbons (Fsp3) is 0.400. The summed E-state index contributed by atoms with van der Waals surface area (Å²) in [4.78, 5) is 0. The van der Waals surface area contributed by atoms with E-state index in [-0.39, 0.29) is 4.65 Å². The number of quaternary nitrogens is 1. The number of para-hydroxylation sites is 1. The van der Waals surface area contributed by atoms with Crippen molar-refractivity contribution in [2.45, 2.75) is 0 Å². The fourth-order valence-corrected chi connectivity index (χ4v) is 3.00. The number of hydrogen-bond acceptors (Lipinski definition) is 1. The van der Waals surface area contributed by atoms with Gasteiger partial charge in [-0.15, -0.1) is 8.58 Å². The van der Waals surface area contributed by atoms with Crippen LogP contribution in [0.5, 0.6) is 0 Å². The first kappa shape index (κ1) is 9.14. The van der Waals surface area contributed by atoms with Crippen LogP contribution in [-0.2, 0) is 0 Å². The molecule has 1 aliphatic rings. The van der Waals surface area contributed by atoms with Crippen molar-refractivity contribution in [2.24, 2.45) is 0 Å². The van der Waals surface area contributed by atoms with E-state index >= 15 is 0 Å². The van der Waals surface area contributed by atoms with Crippen molar-refractivity contribution in [1.82, 2.24) is 4.65 Å². The van der Waals surface area contributed by atoms with E-state index in [1.807, 2.05) is 30.3 Å². The third kappa shape index (κ3) is 1.91. The number of benzene rings is 1. The maximum absolute atomic E-state index is 12.3. The van der Waals surface area contributed by atoms with Gasteiger partial charge in [-0.05, 0) is 12.1 Å². The maximum atomic E-state index is 12.3. The summed E-state index contributed by atoms with van der Waals surface area (Å²) in [5, 5.41) is 12.3. The van der Waals surface area contributed by atoms with Gasteiger partial charge in [0.15, 0.2) is 0 Å². The van der Waals surface area contributed by atoms with Crippen LogP contribution in [0.15, 0.2) is 30.3 Å². The lowest BCUT2D eigenvalue weighted by molar-refractivity contribution is 0.406. The van der Waals surface area contributed by atoms with Crippen LogP contribution < -0.4 is 4.65 Å². The second-order valence-corrected chi connectivity index (χ2v) is 4.92. The van der Waals surface area contributed by atoms with Gasteiger partial charge in [-0.2, -0.15) is 0 Å². The fourth-order valence-electron chi connectivity index (χ4n) is 1.71. The summed E-state index contributed by atoms with van der Waals surface area (Å²) >= 11 is 0. The van der Waals surface area contributed by atoms with Crippen molar-refractivity contribution in [3.05, 3.63) is 35.5 Å². The second-order valence-electron chi connectivity index (χ2n) is 3.42. The molecule has 0 aliphatic carbocycles. The van der Waals surface area contributed by atoms with Crippen LogP contribution in [0.2, 0.25) is 0 Å². The molecule has 0 unspecified atom stereocenters. The van der Waals surface area contributed by atoms with Gasteiger partial charge in [0.2, 0.25) is 0 Å². The first-order chi connectivity index (χ1) is 6.31. The van der Waals surface area contributed by atoms with E-state index in [1.54, 1.807) is 0 Å². The third-order valence-corrected chi connectivity index (χ3v) is 3.68. The highest BCUT2D eigenvalue weighted by molar-refractivity contribution is 7.38. The predicted octanol–water partition coefficient (Wildman–Crippen LogP) is 2.18. The van der Waals surface area contributed by atoms with Crippen LogP contribution in [0.3, 0.4) is 0 Å². The van der Waals surface area contributed by atoms with Crippen LogP contribution in [0.4, 0.5) is 5.69 Å². The van der Waals surface area contributed by atoms with E-state index in [9.17, 15) is 5.21 Å². The Bertz CT molecular complexity index is 270. The molecule has 1 aliphatic heterocycles. The predicted molar refractivity (Wildman–Crippen MR) is 59.4 cm³/mol. The Morgan fingerprint density at radius 1 is 1.08 bits per heavy atom. The normalized spacial score (nSPS) is 30.5. The molecule has 3 heteroatoms. The lowest BCUT2D eigenvalue weighted by atomic mass is 10.3. The molecule has 0 amide bonds. The van der Waals surface area contributed by atoms with Gasteiger partial charge in [0.05, 0.1) is 13.1 Å². The molecule has 0 saturated carbocycles. The molecule has 0 atom stereocenters. The van der Waals surface area contributed by atoms with Crippen LogP contribution in [0, 0.1) is 5.21 Å². The Morgan fingerprint density at radius 2 is 1.69 bits per heavy atom. The molecule has 13 heavy (non-hydrogen) atoms. The van der Waals surface area contributed by atoms with E-state index in [1.165, 1.54) is 0 Å². The highest BCUT2D eigenvalue weighted by atomic mass is 31.1. The number of nitrogens with zero attached hydrogens (tertiary/aromatic N) is 1. The van der Waals surface area contributed by atoms with Gasteiger partial charge in [-0.3, -0.25) is 0 Å². The van der Waals surface area contributed by atoms with Crippen LogP contribution >= 0.6 is 8.58 Å². The number of hydrogen-bond donors (Lipinski definition) is 0. The van der Waals surface area contributed by atoms with Crippen LogP contribution in [-0.4, -0.2) is 25.4 Å². The van der Waals surface area contributed by atoms with Crippen molar-refractivity contribution < 1.29 is 0 Å². The smallest absolute Gasteiger partial charge is 0.132 e. The van der Waals surface area contributed by atoms with Crippen molar-refractivity contribution >= 4 is 14.3 Å². The minimum Gasteiger partial charge on any atom is -0.627 e. The molecule has 0 aromatic heterocycles. The molecular formula is C10H14NOP. The zero-order valence-electron chi connectivity index (χ0n) is 7.57. The van der Waals surface area contributed by atoms with Crippen molar-refractivity contribution in [1.29, 1.82) is 0 Å². The van der Waals surface area contributed by atoms with E-state index in [0.29, 0.717) is 0 Å². The number of hydroxylamine groups is 2. The van der Waals surface area contributed by atoms with Gasteiger partial charge in [-0.25, -0.2) is 0 Å². The first-order valence-electron chi connectivity index (χ1n) is 4.66. The van der Waals surface area contributed by atoms with Gasteiger partial charge >= 0.3 is 0 Å². The lowest BCUT2D eigenvalue weighted by Gasteiger charge is -2.44. The van der Waals surface area contributed by atoms with E-state index in [4.69, 9.17) is 0 Å². The van der Waals surface area contributed by atoms with Gasteiger partial charge < -0.3 is 9.85 Å². The summed E-state index contributed by atoms with van der Waals surface area (Å²) < 4.78 is -0.103. The molecule has 0 radical (unpaired) electrons. The van der Waals surface area contributed by atoms with Gasteiger partial charge in [0.25, 0.3) is 0 Å². The largest absolute Gasteiger partial charge is 0.627 e. The molecule has 2 rings (SSSR count). The minimum absolute atomic E-state index is 0.103. The summed E-state index contributed by atoms with van der Waals surface area (Å²) in [6.45, 7) is 1.53. The molecular weight excluding hydrogens is 181 g/mol. The molecule has 1 aromatic carbocycles. The molecule has 0 N–H and O–H groups in total. The molecule has 0 bridgehead atoms. The molecule has 0 spiro atoms. The highest BCUT2D eigenvalue weighted by Crippen LogP contribution is 2.28. The molecule has 70 valence electrons. The van der Waals surface area contributed by atoms with Crippen LogP contribution in [0.1, 0.15) is 0 Å². The Labute approximate surface area is 80.5 Å². The molecule has 1 heterocycles. The van der Waals surface area contributed by atoms with Gasteiger partial charge in [0, 0.05) is 12.3 Å². The molecule has 1 fully saturated rings. The maximum Gasteiger partial charge on any atom is 0.132 e. The topological polar surface area (TPSA) is 23.1 Å². The average molecular weight is 195 g/mol. The summed E-state index contributed by atoms with van der Waals surface area (Å²) in [6.07, 6.45) is 2.19. The molecule has 1 saturated heterocycles. The van der Waals surface area contributed by atoms with Gasteiger partial charge in [-0.1, -0.05) is 18.2 Å². The first-order valence-corrected chi connectivity index (χ1v) is 6.07. The van der Waals surface area contributed by atoms with Gasteiger partial charge in [0.1, 0.15) is 5.69 Å².